The Balaban J connectivity index is 1.48. The smallest absolute Gasteiger partial charge is 0.255 e. The van der Waals surface area contributed by atoms with E-state index >= 15 is 0 Å². The fourth-order valence-electron chi connectivity index (χ4n) is 3.51. The SMILES string of the molecule is O=C(Nc1cc(-n2cnnn2)ccc1N1CCCC1)c1ccc2c(c1)OCO2. The topological polar surface area (TPSA) is 94.4 Å². The Hall–Kier alpha value is -3.62. The largest absolute Gasteiger partial charge is 0.454 e. The van der Waals surface area contributed by atoms with Gasteiger partial charge in [0.05, 0.1) is 17.1 Å². The van der Waals surface area contributed by atoms with Crippen molar-refractivity contribution in [1.82, 2.24) is 20.2 Å². The maximum atomic E-state index is 12.9. The molecule has 1 N–H and O–H groups in total. The summed E-state index contributed by atoms with van der Waals surface area (Å²) in [6.45, 7) is 2.11. The molecule has 0 atom stereocenters. The number of ether oxygens (including phenoxy) is 2. The van der Waals surface area contributed by atoms with Crippen LogP contribution in [0.1, 0.15) is 23.2 Å². The van der Waals surface area contributed by atoms with Crippen LogP contribution in [0.5, 0.6) is 11.5 Å². The van der Waals surface area contributed by atoms with Crippen molar-refractivity contribution in [3.8, 4) is 17.2 Å². The number of carbonyl (C=O) groups is 1. The number of nitrogens with one attached hydrogen (secondary N) is 1. The number of anilines is 2. The first-order chi connectivity index (χ1) is 13.8. The molecule has 0 aliphatic carbocycles. The highest BCUT2D eigenvalue weighted by Gasteiger charge is 2.20. The minimum absolute atomic E-state index is 0.174. The number of amides is 1. The molecule has 0 unspecified atom stereocenters. The van der Waals surface area contributed by atoms with Gasteiger partial charge in [0, 0.05) is 18.7 Å². The molecule has 28 heavy (non-hydrogen) atoms. The number of tetrazole rings is 1. The molecule has 5 rings (SSSR count). The third-order valence-corrected chi connectivity index (χ3v) is 4.92. The summed E-state index contributed by atoms with van der Waals surface area (Å²) in [5.74, 6) is 1.01. The molecule has 142 valence electrons. The molecule has 1 aromatic heterocycles. The zero-order valence-electron chi connectivity index (χ0n) is 15.0. The van der Waals surface area contributed by atoms with E-state index in [-0.39, 0.29) is 12.7 Å². The number of nitrogens with zero attached hydrogens (tertiary/aromatic N) is 5. The predicted molar refractivity (Wildman–Crippen MR) is 101 cm³/mol. The van der Waals surface area contributed by atoms with Crippen LogP contribution in [-0.2, 0) is 0 Å². The summed E-state index contributed by atoms with van der Waals surface area (Å²) >= 11 is 0. The molecule has 3 heterocycles. The summed E-state index contributed by atoms with van der Waals surface area (Å²) in [5.41, 5.74) is 2.99. The number of aromatic nitrogens is 4. The van der Waals surface area contributed by atoms with Gasteiger partial charge in [-0.05, 0) is 59.7 Å². The van der Waals surface area contributed by atoms with Gasteiger partial charge in [-0.3, -0.25) is 4.79 Å². The fraction of sp³-hybridized carbons (Fsp3) is 0.263. The second-order valence-electron chi connectivity index (χ2n) is 6.67. The van der Waals surface area contributed by atoms with Crippen molar-refractivity contribution in [1.29, 1.82) is 0 Å². The molecule has 2 aliphatic rings. The molecule has 0 spiro atoms. The van der Waals surface area contributed by atoms with Crippen molar-refractivity contribution >= 4 is 17.3 Å². The van der Waals surface area contributed by atoms with E-state index in [4.69, 9.17) is 9.47 Å². The van der Waals surface area contributed by atoms with Crippen LogP contribution in [-0.4, -0.2) is 46.0 Å². The summed E-state index contributed by atoms with van der Waals surface area (Å²) in [6, 6.07) is 11.0. The second kappa shape index (κ2) is 6.84. The first kappa shape index (κ1) is 16.5. The van der Waals surface area contributed by atoms with E-state index in [2.05, 4.69) is 25.7 Å². The molecule has 9 nitrogen and oxygen atoms in total. The van der Waals surface area contributed by atoms with Crippen LogP contribution in [0.3, 0.4) is 0 Å². The van der Waals surface area contributed by atoms with Gasteiger partial charge in [0.2, 0.25) is 6.79 Å². The average molecular weight is 378 g/mol. The third kappa shape index (κ3) is 3.00. The van der Waals surface area contributed by atoms with Gasteiger partial charge in [-0.25, -0.2) is 4.68 Å². The van der Waals surface area contributed by atoms with Crippen molar-refractivity contribution in [2.75, 3.05) is 30.1 Å². The standard InChI is InChI=1S/C19H18N6O3/c26-19(13-3-6-17-18(9-13)28-12-27-17)21-15-10-14(25-11-20-22-23-25)4-5-16(15)24-7-1-2-8-24/h3-6,9-11H,1-2,7-8,12H2,(H,21,26). The molecule has 1 saturated heterocycles. The Labute approximate surface area is 160 Å². The minimum atomic E-state index is -0.215. The lowest BCUT2D eigenvalue weighted by Gasteiger charge is -2.22. The van der Waals surface area contributed by atoms with Crippen LogP contribution in [0.4, 0.5) is 11.4 Å². The Morgan fingerprint density at radius 2 is 1.89 bits per heavy atom. The highest BCUT2D eigenvalue weighted by atomic mass is 16.7. The highest BCUT2D eigenvalue weighted by Crippen LogP contribution is 2.34. The Morgan fingerprint density at radius 1 is 1.04 bits per heavy atom. The number of rotatable bonds is 4. The van der Waals surface area contributed by atoms with Crippen molar-refractivity contribution in [3.05, 3.63) is 48.3 Å². The quantitative estimate of drug-likeness (QED) is 0.744. The van der Waals surface area contributed by atoms with E-state index in [0.717, 1.165) is 43.0 Å². The average Bonchev–Trinajstić information content (AvgIpc) is 3.49. The van der Waals surface area contributed by atoms with Crippen LogP contribution < -0.4 is 19.7 Å². The van der Waals surface area contributed by atoms with Crippen LogP contribution >= 0.6 is 0 Å². The Morgan fingerprint density at radius 3 is 2.71 bits per heavy atom. The van der Waals surface area contributed by atoms with E-state index in [9.17, 15) is 4.79 Å². The van der Waals surface area contributed by atoms with E-state index < -0.39 is 0 Å². The molecule has 0 saturated carbocycles. The lowest BCUT2D eigenvalue weighted by molar-refractivity contribution is 0.102. The van der Waals surface area contributed by atoms with Gasteiger partial charge in [-0.1, -0.05) is 0 Å². The molecule has 3 aromatic rings. The molecule has 1 fully saturated rings. The number of benzene rings is 2. The summed E-state index contributed by atoms with van der Waals surface area (Å²) in [4.78, 5) is 15.2. The molecular weight excluding hydrogens is 360 g/mol. The lowest BCUT2D eigenvalue weighted by atomic mass is 10.1. The van der Waals surface area contributed by atoms with Gasteiger partial charge in [0.1, 0.15) is 6.33 Å². The van der Waals surface area contributed by atoms with Crippen molar-refractivity contribution < 1.29 is 14.3 Å². The molecular formula is C19H18N6O3. The molecule has 2 aliphatic heterocycles. The maximum Gasteiger partial charge on any atom is 0.255 e. The zero-order valence-corrected chi connectivity index (χ0v) is 15.0. The van der Waals surface area contributed by atoms with Crippen molar-refractivity contribution in [3.63, 3.8) is 0 Å². The van der Waals surface area contributed by atoms with Gasteiger partial charge in [0.15, 0.2) is 11.5 Å². The Kier molecular flexibility index (Phi) is 4.04. The number of carbonyl (C=O) groups excluding carboxylic acids is 1. The van der Waals surface area contributed by atoms with E-state index in [0.29, 0.717) is 17.1 Å². The first-order valence-corrected chi connectivity index (χ1v) is 9.11. The fourth-order valence-corrected chi connectivity index (χ4v) is 3.51. The van der Waals surface area contributed by atoms with Crippen LogP contribution in [0.25, 0.3) is 5.69 Å². The van der Waals surface area contributed by atoms with Gasteiger partial charge in [0.25, 0.3) is 5.91 Å². The summed E-state index contributed by atoms with van der Waals surface area (Å²) in [6.07, 6.45) is 3.81. The van der Waals surface area contributed by atoms with Gasteiger partial charge in [-0.15, -0.1) is 5.10 Å². The Bertz CT molecular complexity index is 1010. The monoisotopic (exact) mass is 378 g/mol. The summed E-state index contributed by atoms with van der Waals surface area (Å²) < 4.78 is 12.2. The maximum absolute atomic E-state index is 12.9. The molecule has 9 heteroatoms. The third-order valence-electron chi connectivity index (χ3n) is 4.92. The van der Waals surface area contributed by atoms with Crippen LogP contribution in [0.2, 0.25) is 0 Å². The van der Waals surface area contributed by atoms with Crippen LogP contribution in [0, 0.1) is 0 Å². The summed E-state index contributed by atoms with van der Waals surface area (Å²) in [7, 11) is 0. The molecule has 0 bridgehead atoms. The number of hydrogen-bond acceptors (Lipinski definition) is 7. The van der Waals surface area contributed by atoms with E-state index in [1.807, 2.05) is 18.2 Å². The van der Waals surface area contributed by atoms with Gasteiger partial charge in [-0.2, -0.15) is 0 Å². The predicted octanol–water partition coefficient (Wildman–Crippen LogP) is 2.24. The lowest BCUT2D eigenvalue weighted by Crippen LogP contribution is -2.21. The number of fused-ring (bicyclic) bond motifs is 1. The highest BCUT2D eigenvalue weighted by molar-refractivity contribution is 6.06. The van der Waals surface area contributed by atoms with E-state index in [1.54, 1.807) is 22.9 Å². The molecule has 0 radical (unpaired) electrons. The summed E-state index contributed by atoms with van der Waals surface area (Å²) in [5, 5.41) is 14.3. The van der Waals surface area contributed by atoms with Crippen LogP contribution in [0.15, 0.2) is 42.7 Å². The molecule has 2 aromatic carbocycles. The second-order valence-corrected chi connectivity index (χ2v) is 6.67. The van der Waals surface area contributed by atoms with Gasteiger partial charge >= 0.3 is 0 Å². The van der Waals surface area contributed by atoms with Crippen molar-refractivity contribution in [2.45, 2.75) is 12.8 Å². The minimum Gasteiger partial charge on any atom is -0.454 e. The van der Waals surface area contributed by atoms with Gasteiger partial charge < -0.3 is 19.7 Å². The van der Waals surface area contributed by atoms with E-state index in [1.165, 1.54) is 6.33 Å². The normalized spacial score (nSPS) is 15.1. The first-order valence-electron chi connectivity index (χ1n) is 9.11. The van der Waals surface area contributed by atoms with Crippen molar-refractivity contribution in [2.24, 2.45) is 0 Å². The zero-order chi connectivity index (χ0) is 18.9. The molecule has 1 amide bonds. The number of hydrogen-bond donors (Lipinski definition) is 1.